The Kier molecular flexibility index (Phi) is 9.17. The maximum absolute atomic E-state index is 5.77. The number of rotatable bonds is 6. The molecule has 22 heavy (non-hydrogen) atoms. The van der Waals surface area contributed by atoms with Crippen LogP contribution in [0.1, 0.15) is 39.2 Å². The van der Waals surface area contributed by atoms with Crippen molar-refractivity contribution >= 4 is 0 Å². The summed E-state index contributed by atoms with van der Waals surface area (Å²) in [6.07, 6.45) is 2.69. The fourth-order valence-corrected chi connectivity index (χ4v) is 2.72. The zero-order valence-corrected chi connectivity index (χ0v) is 15.0. The smallest absolute Gasteiger partial charge is 0.119 e. The summed E-state index contributed by atoms with van der Waals surface area (Å²) >= 11 is 0. The Morgan fingerprint density at radius 1 is 1.18 bits per heavy atom. The molecule has 1 aliphatic heterocycles. The third kappa shape index (κ3) is 6.37. The molecule has 126 valence electrons. The van der Waals surface area contributed by atoms with Gasteiger partial charge in [-0.1, -0.05) is 38.5 Å². The van der Waals surface area contributed by atoms with Gasteiger partial charge in [-0.05, 0) is 44.4 Å². The molecule has 3 heteroatoms. The lowest BCUT2D eigenvalue weighted by atomic mass is 9.96. The molecule has 0 radical (unpaired) electrons. The zero-order chi connectivity index (χ0) is 16.4. The number of hydrogen-bond donors (Lipinski definition) is 0. The summed E-state index contributed by atoms with van der Waals surface area (Å²) in [5.74, 6) is 1.65. The minimum absolute atomic E-state index is 0.391. The van der Waals surface area contributed by atoms with Gasteiger partial charge in [0.15, 0.2) is 0 Å². The highest BCUT2D eigenvalue weighted by atomic mass is 16.5. The fourth-order valence-electron chi connectivity index (χ4n) is 2.72. The molecule has 0 aliphatic carbocycles. The summed E-state index contributed by atoms with van der Waals surface area (Å²) in [6.45, 7) is 12.5. The molecule has 1 aliphatic rings. The number of methoxy groups -OCH3 is 1. The van der Waals surface area contributed by atoms with Crippen LogP contribution >= 0.6 is 0 Å². The fraction of sp³-hybridized carbons (Fsp3) is 0.684. The first-order chi connectivity index (χ1) is 10.7. The van der Waals surface area contributed by atoms with Crippen LogP contribution in [-0.4, -0.2) is 44.4 Å². The molecule has 1 heterocycles. The van der Waals surface area contributed by atoms with E-state index in [9.17, 15) is 0 Å². The van der Waals surface area contributed by atoms with Crippen LogP contribution in [0.5, 0.6) is 5.75 Å². The molecule has 1 aromatic carbocycles. The lowest BCUT2D eigenvalue weighted by Crippen LogP contribution is -2.44. The van der Waals surface area contributed by atoms with Gasteiger partial charge in [0.2, 0.25) is 0 Å². The van der Waals surface area contributed by atoms with Crippen LogP contribution in [0, 0.1) is 12.8 Å². The highest BCUT2D eigenvalue weighted by Crippen LogP contribution is 2.19. The first-order valence-electron chi connectivity index (χ1n) is 8.63. The van der Waals surface area contributed by atoms with Crippen molar-refractivity contribution in [3.8, 4) is 5.75 Å². The summed E-state index contributed by atoms with van der Waals surface area (Å²) in [6, 6.07) is 8.26. The molecule has 1 aromatic rings. The first kappa shape index (κ1) is 19.0. The Bertz CT molecular complexity index is 391. The molecule has 0 amide bonds. The monoisotopic (exact) mass is 307 g/mol. The lowest BCUT2D eigenvalue weighted by Gasteiger charge is -2.36. The molecule has 2 unspecified atom stereocenters. The second kappa shape index (κ2) is 10.6. The summed E-state index contributed by atoms with van der Waals surface area (Å²) < 4.78 is 11.3. The quantitative estimate of drug-likeness (QED) is 0.737. The average molecular weight is 307 g/mol. The Hall–Kier alpha value is -1.06. The van der Waals surface area contributed by atoms with E-state index >= 15 is 0 Å². The number of ether oxygens (including phenoxy) is 2. The number of benzene rings is 1. The Morgan fingerprint density at radius 2 is 1.86 bits per heavy atom. The van der Waals surface area contributed by atoms with Crippen LogP contribution in [0.3, 0.4) is 0 Å². The minimum atomic E-state index is 0.391. The molecule has 2 atom stereocenters. The number of nitrogens with zero attached hydrogens (tertiary/aromatic N) is 1. The van der Waals surface area contributed by atoms with Gasteiger partial charge in [-0.3, -0.25) is 0 Å². The highest BCUT2D eigenvalue weighted by Gasteiger charge is 2.25. The summed E-state index contributed by atoms with van der Waals surface area (Å²) in [5.41, 5.74) is 1.27. The SMILES string of the molecule is CC.COC1CN(CCCOc2ccc(C)cc2)CCC1C. The summed E-state index contributed by atoms with van der Waals surface area (Å²) in [5, 5.41) is 0. The average Bonchev–Trinajstić information content (AvgIpc) is 2.56. The minimum Gasteiger partial charge on any atom is -0.494 e. The Morgan fingerprint density at radius 3 is 2.50 bits per heavy atom. The van der Waals surface area contributed by atoms with Gasteiger partial charge in [0, 0.05) is 20.2 Å². The molecule has 0 aromatic heterocycles. The second-order valence-corrected chi connectivity index (χ2v) is 5.86. The van der Waals surface area contributed by atoms with Crippen LogP contribution in [0.15, 0.2) is 24.3 Å². The number of hydrogen-bond acceptors (Lipinski definition) is 3. The topological polar surface area (TPSA) is 21.7 Å². The summed E-state index contributed by atoms with van der Waals surface area (Å²) in [7, 11) is 1.82. The van der Waals surface area contributed by atoms with Crippen molar-refractivity contribution in [3.05, 3.63) is 29.8 Å². The van der Waals surface area contributed by atoms with Crippen molar-refractivity contribution in [2.45, 2.75) is 46.6 Å². The highest BCUT2D eigenvalue weighted by molar-refractivity contribution is 5.26. The third-order valence-electron chi connectivity index (χ3n) is 4.18. The molecule has 0 bridgehead atoms. The molecule has 1 fully saturated rings. The molecular formula is C19H33NO2. The van der Waals surface area contributed by atoms with Gasteiger partial charge in [0.1, 0.15) is 5.75 Å². The van der Waals surface area contributed by atoms with Crippen LogP contribution in [0.2, 0.25) is 0 Å². The summed E-state index contributed by atoms with van der Waals surface area (Å²) in [4.78, 5) is 2.49. The van der Waals surface area contributed by atoms with Crippen molar-refractivity contribution in [2.24, 2.45) is 5.92 Å². The van der Waals surface area contributed by atoms with Crippen molar-refractivity contribution in [1.82, 2.24) is 4.90 Å². The van der Waals surface area contributed by atoms with Gasteiger partial charge < -0.3 is 14.4 Å². The molecule has 0 spiro atoms. The van der Waals surface area contributed by atoms with Crippen LogP contribution < -0.4 is 4.74 Å². The van der Waals surface area contributed by atoms with Gasteiger partial charge in [-0.15, -0.1) is 0 Å². The molecule has 0 saturated carbocycles. The van der Waals surface area contributed by atoms with Crippen molar-refractivity contribution < 1.29 is 9.47 Å². The van der Waals surface area contributed by atoms with Gasteiger partial charge in [-0.25, -0.2) is 0 Å². The van der Waals surface area contributed by atoms with E-state index in [4.69, 9.17) is 9.47 Å². The largest absolute Gasteiger partial charge is 0.494 e. The molecule has 1 saturated heterocycles. The first-order valence-corrected chi connectivity index (χ1v) is 8.63. The maximum Gasteiger partial charge on any atom is 0.119 e. The van der Waals surface area contributed by atoms with Crippen LogP contribution in [-0.2, 0) is 4.74 Å². The molecule has 0 N–H and O–H groups in total. The van der Waals surface area contributed by atoms with E-state index < -0.39 is 0 Å². The number of aryl methyl sites for hydroxylation is 1. The predicted octanol–water partition coefficient (Wildman–Crippen LogP) is 4.15. The van der Waals surface area contributed by atoms with Gasteiger partial charge >= 0.3 is 0 Å². The van der Waals surface area contributed by atoms with E-state index in [1.807, 2.05) is 33.1 Å². The number of likely N-dealkylation sites (tertiary alicyclic amines) is 1. The Balaban J connectivity index is 0.00000116. The van der Waals surface area contributed by atoms with Gasteiger partial charge in [0.05, 0.1) is 12.7 Å². The van der Waals surface area contributed by atoms with E-state index in [1.165, 1.54) is 18.5 Å². The lowest BCUT2D eigenvalue weighted by molar-refractivity contribution is -0.00593. The van der Waals surface area contributed by atoms with E-state index in [-0.39, 0.29) is 0 Å². The molecule has 3 nitrogen and oxygen atoms in total. The standard InChI is InChI=1S/C17H27NO2.C2H6/c1-14-5-7-16(8-6-14)20-12-4-10-18-11-9-15(2)17(13-18)19-3;1-2/h5-8,15,17H,4,9-13H2,1-3H3;1-2H3. The van der Waals surface area contributed by atoms with E-state index in [2.05, 4.69) is 30.9 Å². The van der Waals surface area contributed by atoms with Crippen molar-refractivity contribution in [3.63, 3.8) is 0 Å². The zero-order valence-electron chi connectivity index (χ0n) is 15.0. The van der Waals surface area contributed by atoms with Crippen molar-refractivity contribution in [1.29, 1.82) is 0 Å². The van der Waals surface area contributed by atoms with Crippen LogP contribution in [0.25, 0.3) is 0 Å². The second-order valence-electron chi connectivity index (χ2n) is 5.86. The van der Waals surface area contributed by atoms with Crippen molar-refractivity contribution in [2.75, 3.05) is 33.4 Å². The normalized spacial score (nSPS) is 21.9. The maximum atomic E-state index is 5.77. The molecule has 2 rings (SSSR count). The molecular weight excluding hydrogens is 274 g/mol. The van der Waals surface area contributed by atoms with Gasteiger partial charge in [0.25, 0.3) is 0 Å². The third-order valence-corrected chi connectivity index (χ3v) is 4.18. The van der Waals surface area contributed by atoms with E-state index in [0.717, 1.165) is 31.9 Å². The van der Waals surface area contributed by atoms with Gasteiger partial charge in [-0.2, -0.15) is 0 Å². The predicted molar refractivity (Wildman–Crippen MR) is 93.7 cm³/mol. The Labute approximate surface area is 136 Å². The van der Waals surface area contributed by atoms with Crippen LogP contribution in [0.4, 0.5) is 0 Å². The van der Waals surface area contributed by atoms with E-state index in [0.29, 0.717) is 12.0 Å². The number of piperidine rings is 1. The van der Waals surface area contributed by atoms with E-state index in [1.54, 1.807) is 0 Å².